The molecule has 0 aromatic heterocycles. The highest BCUT2D eigenvalue weighted by Crippen LogP contribution is 2.29. The van der Waals surface area contributed by atoms with Gasteiger partial charge in [0.25, 0.3) is 0 Å². The van der Waals surface area contributed by atoms with Crippen LogP contribution in [0.4, 0.5) is 0 Å². The highest BCUT2D eigenvalue weighted by molar-refractivity contribution is 5.77. The third kappa shape index (κ3) is 3.47. The van der Waals surface area contributed by atoms with Gasteiger partial charge in [-0.25, -0.2) is 0 Å². The van der Waals surface area contributed by atoms with E-state index in [-0.39, 0.29) is 0 Å². The van der Waals surface area contributed by atoms with Crippen molar-refractivity contribution < 1.29 is 14.6 Å². The first-order valence-electron chi connectivity index (χ1n) is 6.80. The molecule has 0 spiro atoms. The fraction of sp³-hybridized carbons (Fsp3) is 0.533. The molecule has 0 radical (unpaired) electrons. The highest BCUT2D eigenvalue weighted by Gasteiger charge is 2.24. The number of carbonyl (C=O) groups is 1. The van der Waals surface area contributed by atoms with E-state index in [2.05, 4.69) is 4.90 Å². The molecule has 1 aromatic carbocycles. The minimum absolute atomic E-state index is 0.489. The normalized spacial score (nSPS) is 17.3. The molecule has 1 heterocycles. The van der Waals surface area contributed by atoms with E-state index in [0.717, 1.165) is 25.2 Å². The van der Waals surface area contributed by atoms with Gasteiger partial charge in [-0.1, -0.05) is 18.2 Å². The fourth-order valence-corrected chi connectivity index (χ4v) is 2.68. The molecule has 1 fully saturated rings. The number of nitrogens with zero attached hydrogens (tertiary/aromatic N) is 1. The van der Waals surface area contributed by atoms with Crippen LogP contribution in [0.3, 0.4) is 0 Å². The van der Waals surface area contributed by atoms with E-state index in [4.69, 9.17) is 4.74 Å². The lowest BCUT2D eigenvalue weighted by molar-refractivity contribution is -0.139. The van der Waals surface area contributed by atoms with Crippen molar-refractivity contribution in [1.82, 2.24) is 4.90 Å². The average molecular weight is 263 g/mol. The second-order valence-electron chi connectivity index (χ2n) is 4.97. The zero-order chi connectivity index (χ0) is 13.7. The van der Waals surface area contributed by atoms with Gasteiger partial charge in [0, 0.05) is 5.56 Å². The summed E-state index contributed by atoms with van der Waals surface area (Å²) in [4.78, 5) is 13.8. The number of benzene rings is 1. The molecule has 1 saturated heterocycles. The van der Waals surface area contributed by atoms with Crippen LogP contribution in [-0.2, 0) is 4.79 Å². The molecule has 1 aliphatic rings. The summed E-state index contributed by atoms with van der Waals surface area (Å²) in [7, 11) is 1.58. The Morgan fingerprint density at radius 2 is 2.05 bits per heavy atom. The monoisotopic (exact) mass is 263 g/mol. The van der Waals surface area contributed by atoms with Crippen LogP contribution in [0.2, 0.25) is 0 Å². The van der Waals surface area contributed by atoms with Crippen molar-refractivity contribution in [2.75, 3.05) is 26.7 Å². The Morgan fingerprint density at radius 1 is 1.37 bits per heavy atom. The molecule has 19 heavy (non-hydrogen) atoms. The van der Waals surface area contributed by atoms with Gasteiger partial charge in [-0.2, -0.15) is 0 Å². The zero-order valence-corrected chi connectivity index (χ0v) is 11.3. The first-order valence-corrected chi connectivity index (χ1v) is 6.80. The molecule has 1 N–H and O–H groups in total. The highest BCUT2D eigenvalue weighted by atomic mass is 16.5. The molecule has 2 rings (SSSR count). The van der Waals surface area contributed by atoms with Crippen LogP contribution in [-0.4, -0.2) is 42.7 Å². The van der Waals surface area contributed by atoms with Crippen LogP contribution in [0.5, 0.6) is 5.75 Å². The molecule has 0 amide bonds. The van der Waals surface area contributed by atoms with Crippen molar-refractivity contribution in [3.05, 3.63) is 29.8 Å². The van der Waals surface area contributed by atoms with Gasteiger partial charge < -0.3 is 14.7 Å². The maximum absolute atomic E-state index is 11.5. The SMILES string of the molecule is COc1ccccc1C(CCN1CCCC1)C(=O)O. The summed E-state index contributed by atoms with van der Waals surface area (Å²) in [6, 6.07) is 7.40. The van der Waals surface area contributed by atoms with E-state index < -0.39 is 11.9 Å². The van der Waals surface area contributed by atoms with Crippen molar-refractivity contribution in [3.8, 4) is 5.75 Å². The molecule has 1 unspecified atom stereocenters. The second-order valence-corrected chi connectivity index (χ2v) is 4.97. The first kappa shape index (κ1) is 13.9. The molecule has 104 valence electrons. The largest absolute Gasteiger partial charge is 0.496 e. The van der Waals surface area contributed by atoms with Crippen LogP contribution in [0.15, 0.2) is 24.3 Å². The van der Waals surface area contributed by atoms with Gasteiger partial charge in [0.1, 0.15) is 5.75 Å². The third-order valence-electron chi connectivity index (χ3n) is 3.75. The number of rotatable bonds is 6. The smallest absolute Gasteiger partial charge is 0.311 e. The van der Waals surface area contributed by atoms with E-state index in [9.17, 15) is 9.90 Å². The van der Waals surface area contributed by atoms with Crippen molar-refractivity contribution in [3.63, 3.8) is 0 Å². The summed E-state index contributed by atoms with van der Waals surface area (Å²) in [6.07, 6.45) is 3.09. The lowest BCUT2D eigenvalue weighted by atomic mass is 9.94. The Morgan fingerprint density at radius 3 is 2.68 bits per heavy atom. The van der Waals surface area contributed by atoms with E-state index in [1.54, 1.807) is 7.11 Å². The number of aliphatic carboxylic acids is 1. The molecule has 0 saturated carbocycles. The maximum Gasteiger partial charge on any atom is 0.311 e. The molecule has 1 atom stereocenters. The third-order valence-corrected chi connectivity index (χ3v) is 3.75. The zero-order valence-electron chi connectivity index (χ0n) is 11.3. The molecule has 1 aliphatic heterocycles. The summed E-state index contributed by atoms with van der Waals surface area (Å²) < 4.78 is 5.27. The Labute approximate surface area is 114 Å². The summed E-state index contributed by atoms with van der Waals surface area (Å²) in [5.41, 5.74) is 0.775. The molecule has 0 aliphatic carbocycles. The summed E-state index contributed by atoms with van der Waals surface area (Å²) in [6.45, 7) is 3.03. The quantitative estimate of drug-likeness (QED) is 0.856. The van der Waals surface area contributed by atoms with Gasteiger partial charge in [-0.15, -0.1) is 0 Å². The van der Waals surface area contributed by atoms with E-state index >= 15 is 0 Å². The lowest BCUT2D eigenvalue weighted by Gasteiger charge is -2.20. The average Bonchev–Trinajstić information content (AvgIpc) is 2.92. The van der Waals surface area contributed by atoms with Crippen molar-refractivity contribution >= 4 is 5.97 Å². The first-order chi connectivity index (χ1) is 9.22. The van der Waals surface area contributed by atoms with E-state index in [1.165, 1.54) is 12.8 Å². The number of methoxy groups -OCH3 is 1. The van der Waals surface area contributed by atoms with Crippen LogP contribution >= 0.6 is 0 Å². The number of likely N-dealkylation sites (tertiary alicyclic amines) is 1. The van der Waals surface area contributed by atoms with Crippen molar-refractivity contribution in [1.29, 1.82) is 0 Å². The predicted octanol–water partition coefficient (Wildman–Crippen LogP) is 2.35. The Balaban J connectivity index is 2.08. The van der Waals surface area contributed by atoms with Crippen LogP contribution in [0, 0.1) is 0 Å². The van der Waals surface area contributed by atoms with Gasteiger partial charge in [0.05, 0.1) is 13.0 Å². The number of hydrogen-bond acceptors (Lipinski definition) is 3. The molecule has 4 heteroatoms. The van der Waals surface area contributed by atoms with Gasteiger partial charge in [-0.05, 0) is 45.0 Å². The second kappa shape index (κ2) is 6.57. The van der Waals surface area contributed by atoms with Crippen LogP contribution in [0.25, 0.3) is 0 Å². The minimum atomic E-state index is -0.774. The van der Waals surface area contributed by atoms with Crippen molar-refractivity contribution in [2.45, 2.75) is 25.2 Å². The van der Waals surface area contributed by atoms with E-state index in [0.29, 0.717) is 12.2 Å². The molecular formula is C15H21NO3. The van der Waals surface area contributed by atoms with Crippen LogP contribution < -0.4 is 4.74 Å². The number of ether oxygens (including phenoxy) is 1. The maximum atomic E-state index is 11.5. The van der Waals surface area contributed by atoms with E-state index in [1.807, 2.05) is 24.3 Å². The summed E-state index contributed by atoms with van der Waals surface area (Å²) >= 11 is 0. The van der Waals surface area contributed by atoms with Gasteiger partial charge >= 0.3 is 5.97 Å². The Kier molecular flexibility index (Phi) is 4.80. The molecule has 1 aromatic rings. The number of carboxylic acids is 1. The van der Waals surface area contributed by atoms with Gasteiger partial charge in [0.15, 0.2) is 0 Å². The predicted molar refractivity (Wildman–Crippen MR) is 73.7 cm³/mol. The van der Waals surface area contributed by atoms with Crippen molar-refractivity contribution in [2.24, 2.45) is 0 Å². The number of para-hydroxylation sites is 1. The topological polar surface area (TPSA) is 49.8 Å². The minimum Gasteiger partial charge on any atom is -0.496 e. The molecule has 4 nitrogen and oxygen atoms in total. The molecule has 0 bridgehead atoms. The Hall–Kier alpha value is -1.55. The summed E-state index contributed by atoms with van der Waals surface area (Å²) in [5.74, 6) is -0.600. The number of carboxylic acid groups (broad SMARTS) is 1. The van der Waals surface area contributed by atoms with Gasteiger partial charge in [-0.3, -0.25) is 4.79 Å². The molecular weight excluding hydrogens is 242 g/mol. The lowest BCUT2D eigenvalue weighted by Crippen LogP contribution is -2.24. The fourth-order valence-electron chi connectivity index (χ4n) is 2.68. The van der Waals surface area contributed by atoms with Gasteiger partial charge in [0.2, 0.25) is 0 Å². The standard InChI is InChI=1S/C15H21NO3/c1-19-14-7-3-2-6-12(14)13(15(17)18)8-11-16-9-4-5-10-16/h2-3,6-7,13H,4-5,8-11H2,1H3,(H,17,18). The number of hydrogen-bond donors (Lipinski definition) is 1. The Bertz CT molecular complexity index is 427. The summed E-state index contributed by atoms with van der Waals surface area (Å²) in [5, 5.41) is 9.45. The van der Waals surface area contributed by atoms with Crippen LogP contribution in [0.1, 0.15) is 30.7 Å².